The summed E-state index contributed by atoms with van der Waals surface area (Å²) in [6, 6.07) is 22.3. The van der Waals surface area contributed by atoms with Crippen LogP contribution >= 0.6 is 0 Å². The minimum Gasteiger partial charge on any atom is -0.493 e. The Balaban J connectivity index is 1.24. The lowest BCUT2D eigenvalue weighted by Gasteiger charge is -2.20. The first kappa shape index (κ1) is 28.7. The highest BCUT2D eigenvalue weighted by Crippen LogP contribution is 2.37. The maximum Gasteiger partial charge on any atom is 0.163 e. The number of methoxy groups -OCH3 is 1. The molecule has 0 amide bonds. The van der Waals surface area contributed by atoms with Gasteiger partial charge in [0.1, 0.15) is 18.1 Å². The van der Waals surface area contributed by atoms with E-state index in [9.17, 15) is 0 Å². The van der Waals surface area contributed by atoms with Crippen LogP contribution in [0, 0.1) is 0 Å². The Morgan fingerprint density at radius 2 is 1.56 bits per heavy atom. The van der Waals surface area contributed by atoms with Crippen molar-refractivity contribution in [3.8, 4) is 23.0 Å². The molecule has 0 aliphatic carbocycles. The third-order valence-electron chi connectivity index (χ3n) is 7.59. The van der Waals surface area contributed by atoms with Crippen LogP contribution in [0.25, 0.3) is 10.9 Å². The summed E-state index contributed by atoms with van der Waals surface area (Å²) >= 11 is 0. The molecule has 41 heavy (non-hydrogen) atoms. The van der Waals surface area contributed by atoms with Crippen molar-refractivity contribution in [3.63, 3.8) is 0 Å². The van der Waals surface area contributed by atoms with Crippen LogP contribution in [-0.4, -0.2) is 68.3 Å². The number of benzene rings is 3. The largest absolute Gasteiger partial charge is 0.493 e. The zero-order valence-electron chi connectivity index (χ0n) is 24.9. The van der Waals surface area contributed by atoms with Gasteiger partial charge in [0, 0.05) is 48.7 Å². The van der Waals surface area contributed by atoms with E-state index in [-0.39, 0.29) is 5.41 Å². The summed E-state index contributed by atoms with van der Waals surface area (Å²) < 4.78 is 18.2. The fraction of sp³-hybridized carbons (Fsp3) is 0.382. The molecule has 7 heteroatoms. The fourth-order valence-corrected chi connectivity index (χ4v) is 5.05. The van der Waals surface area contributed by atoms with Gasteiger partial charge >= 0.3 is 0 Å². The Bertz CT molecular complexity index is 1430. The third kappa shape index (κ3) is 7.48. The lowest BCUT2D eigenvalue weighted by molar-refractivity contribution is 0.208. The normalized spacial score (nSPS) is 15.0. The summed E-state index contributed by atoms with van der Waals surface area (Å²) in [4.78, 5) is 9.43. The van der Waals surface area contributed by atoms with Gasteiger partial charge in [0.15, 0.2) is 11.5 Å². The van der Waals surface area contributed by atoms with E-state index >= 15 is 0 Å². The number of likely N-dealkylation sites (N-methyl/N-ethyl adjacent to an activating group) is 1. The van der Waals surface area contributed by atoms with Gasteiger partial charge in [-0.3, -0.25) is 9.88 Å². The quantitative estimate of drug-likeness (QED) is 0.237. The topological polar surface area (TPSA) is 59.1 Å². The monoisotopic (exact) mass is 554 g/mol. The van der Waals surface area contributed by atoms with Crippen molar-refractivity contribution in [2.24, 2.45) is 0 Å². The number of rotatable bonds is 9. The summed E-state index contributed by atoms with van der Waals surface area (Å²) in [6.45, 7) is 12.6. The van der Waals surface area contributed by atoms with Crippen LogP contribution in [-0.2, 0) is 5.41 Å². The smallest absolute Gasteiger partial charge is 0.163 e. The first-order chi connectivity index (χ1) is 19.8. The highest BCUT2D eigenvalue weighted by molar-refractivity contribution is 5.88. The van der Waals surface area contributed by atoms with Gasteiger partial charge in [-0.1, -0.05) is 32.9 Å². The zero-order chi connectivity index (χ0) is 28.8. The second-order valence-corrected chi connectivity index (χ2v) is 11.8. The zero-order valence-corrected chi connectivity index (χ0v) is 24.9. The summed E-state index contributed by atoms with van der Waals surface area (Å²) in [7, 11) is 3.85. The fourth-order valence-electron chi connectivity index (χ4n) is 5.05. The molecule has 0 atom stereocenters. The van der Waals surface area contributed by atoms with E-state index in [1.807, 2.05) is 42.5 Å². The van der Waals surface area contributed by atoms with E-state index in [1.54, 1.807) is 13.3 Å². The number of aromatic nitrogens is 1. The van der Waals surface area contributed by atoms with Gasteiger partial charge in [-0.25, -0.2) is 0 Å². The molecule has 1 saturated heterocycles. The average molecular weight is 555 g/mol. The number of hydrogen-bond donors (Lipinski definition) is 1. The predicted molar refractivity (Wildman–Crippen MR) is 167 cm³/mol. The highest BCUT2D eigenvalue weighted by atomic mass is 16.5. The van der Waals surface area contributed by atoms with Crippen LogP contribution in [0.1, 0.15) is 32.8 Å². The summed E-state index contributed by atoms with van der Waals surface area (Å²) in [5, 5.41) is 4.33. The Kier molecular flexibility index (Phi) is 8.96. The molecule has 2 heterocycles. The molecule has 1 aliphatic heterocycles. The minimum atomic E-state index is 0.136. The first-order valence-corrected chi connectivity index (χ1v) is 14.4. The molecule has 216 valence electrons. The summed E-state index contributed by atoms with van der Waals surface area (Å²) in [5.41, 5.74) is 4.30. The van der Waals surface area contributed by atoms with E-state index in [0.717, 1.165) is 60.8 Å². The van der Waals surface area contributed by atoms with Crippen LogP contribution in [0.3, 0.4) is 0 Å². The summed E-state index contributed by atoms with van der Waals surface area (Å²) in [6.07, 6.45) is 2.95. The number of nitrogens with one attached hydrogen (secondary N) is 1. The van der Waals surface area contributed by atoms with Crippen molar-refractivity contribution in [2.45, 2.75) is 32.6 Å². The van der Waals surface area contributed by atoms with Crippen molar-refractivity contribution >= 4 is 22.3 Å². The molecule has 1 N–H and O–H groups in total. The molecule has 0 unspecified atom stereocenters. The molecule has 1 aliphatic rings. The van der Waals surface area contributed by atoms with E-state index in [0.29, 0.717) is 23.9 Å². The van der Waals surface area contributed by atoms with Gasteiger partial charge in [0.25, 0.3) is 0 Å². The molecule has 0 spiro atoms. The van der Waals surface area contributed by atoms with Crippen LogP contribution < -0.4 is 19.5 Å². The average Bonchev–Trinajstić information content (AvgIpc) is 3.17. The number of pyridine rings is 1. The molecular weight excluding hydrogens is 512 g/mol. The van der Waals surface area contributed by atoms with E-state index < -0.39 is 0 Å². The second-order valence-electron chi connectivity index (χ2n) is 11.8. The number of nitrogens with zero attached hydrogens (tertiary/aromatic N) is 3. The first-order valence-electron chi connectivity index (χ1n) is 14.4. The predicted octanol–water partition coefficient (Wildman–Crippen LogP) is 7.09. The van der Waals surface area contributed by atoms with Crippen molar-refractivity contribution < 1.29 is 14.2 Å². The second kappa shape index (κ2) is 12.8. The van der Waals surface area contributed by atoms with Gasteiger partial charge in [0.05, 0.1) is 12.6 Å². The molecular formula is C34H42N4O3. The van der Waals surface area contributed by atoms with Crippen molar-refractivity contribution in [2.75, 3.05) is 58.8 Å². The van der Waals surface area contributed by atoms with Gasteiger partial charge in [-0.15, -0.1) is 0 Å². The Morgan fingerprint density at radius 1 is 0.829 bits per heavy atom. The molecule has 1 fully saturated rings. The number of anilines is 2. The van der Waals surface area contributed by atoms with Gasteiger partial charge < -0.3 is 24.4 Å². The SMILES string of the molecule is COc1cc2c(Oc3ccc(Nc4ccc(C(C)(C)C)cc4)cc3)ccnc2cc1OCCN1CCCN(C)CC1. The molecule has 0 bridgehead atoms. The molecule has 1 aromatic heterocycles. The summed E-state index contributed by atoms with van der Waals surface area (Å²) in [5.74, 6) is 2.83. The maximum atomic E-state index is 6.30. The van der Waals surface area contributed by atoms with E-state index in [4.69, 9.17) is 14.2 Å². The number of hydrogen-bond acceptors (Lipinski definition) is 7. The highest BCUT2D eigenvalue weighted by Gasteiger charge is 2.15. The van der Waals surface area contributed by atoms with Crippen molar-refractivity contribution in [1.29, 1.82) is 0 Å². The third-order valence-corrected chi connectivity index (χ3v) is 7.59. The molecule has 7 nitrogen and oxygen atoms in total. The van der Waals surface area contributed by atoms with Gasteiger partial charge in [-0.05, 0) is 86.1 Å². The number of ether oxygens (including phenoxy) is 3. The lowest BCUT2D eigenvalue weighted by Crippen LogP contribution is -2.32. The van der Waals surface area contributed by atoms with Crippen LogP contribution in [0.2, 0.25) is 0 Å². The van der Waals surface area contributed by atoms with Gasteiger partial charge in [0.2, 0.25) is 0 Å². The standard InChI is InChI=1S/C34H42N4O3/c1-34(2,3)25-7-9-26(10-8-25)36-27-11-13-28(14-12-27)41-31-15-16-35-30-24-33(32(39-5)23-29(30)31)40-22-21-38-18-6-17-37(4)19-20-38/h7-16,23-24,36H,6,17-22H2,1-5H3. The van der Waals surface area contributed by atoms with Crippen LogP contribution in [0.5, 0.6) is 23.0 Å². The Hall–Kier alpha value is -3.81. The minimum absolute atomic E-state index is 0.136. The molecule has 5 rings (SSSR count). The molecule has 0 radical (unpaired) electrons. The maximum absolute atomic E-state index is 6.30. The number of fused-ring (bicyclic) bond motifs is 1. The van der Waals surface area contributed by atoms with Gasteiger partial charge in [-0.2, -0.15) is 0 Å². The van der Waals surface area contributed by atoms with E-state index in [2.05, 4.69) is 72.2 Å². The Labute approximate surface area is 244 Å². The van der Waals surface area contributed by atoms with E-state index in [1.165, 1.54) is 12.0 Å². The molecule has 3 aromatic carbocycles. The molecule has 4 aromatic rings. The molecule has 0 saturated carbocycles. The lowest BCUT2D eigenvalue weighted by atomic mass is 9.87. The van der Waals surface area contributed by atoms with Crippen molar-refractivity contribution in [1.82, 2.24) is 14.8 Å². The van der Waals surface area contributed by atoms with Crippen LogP contribution in [0.4, 0.5) is 11.4 Å². The Morgan fingerprint density at radius 3 is 2.27 bits per heavy atom. The van der Waals surface area contributed by atoms with Crippen molar-refractivity contribution in [3.05, 3.63) is 78.5 Å². The van der Waals surface area contributed by atoms with Crippen LogP contribution in [0.15, 0.2) is 72.9 Å².